The van der Waals surface area contributed by atoms with Crippen molar-refractivity contribution in [3.63, 3.8) is 0 Å². The number of nitrogens with zero attached hydrogens (tertiary/aromatic N) is 1. The minimum atomic E-state index is 0.203. The number of fused-ring (bicyclic) bond motifs is 1. The maximum Gasteiger partial charge on any atom is 0.166 e. The molecule has 0 aliphatic carbocycles. The standard InChI is InChI=1S/C8H16N2O/c1-6-5-10-4-3-7(2)11-8(10)9-6/h6-9H,3-5H2,1-2H3. The monoisotopic (exact) mass is 156 g/mol. The van der Waals surface area contributed by atoms with E-state index in [0.717, 1.165) is 6.54 Å². The van der Waals surface area contributed by atoms with Gasteiger partial charge >= 0.3 is 0 Å². The lowest BCUT2D eigenvalue weighted by molar-refractivity contribution is -0.123. The Balaban J connectivity index is 1.97. The fourth-order valence-electron chi connectivity index (χ4n) is 1.82. The summed E-state index contributed by atoms with van der Waals surface area (Å²) in [7, 11) is 0. The van der Waals surface area contributed by atoms with E-state index >= 15 is 0 Å². The molecule has 3 nitrogen and oxygen atoms in total. The van der Waals surface area contributed by atoms with Crippen LogP contribution in [0.15, 0.2) is 0 Å². The lowest BCUT2D eigenvalue weighted by atomic mass is 10.2. The highest BCUT2D eigenvalue weighted by Gasteiger charge is 2.33. The van der Waals surface area contributed by atoms with Crippen LogP contribution in [0, 0.1) is 0 Å². The average Bonchev–Trinajstić information content (AvgIpc) is 2.27. The average molecular weight is 156 g/mol. The van der Waals surface area contributed by atoms with Crippen molar-refractivity contribution in [2.75, 3.05) is 13.1 Å². The van der Waals surface area contributed by atoms with Crippen LogP contribution in [-0.4, -0.2) is 36.5 Å². The molecule has 0 saturated carbocycles. The SMILES string of the molecule is CC1CN2CCC(C)OC2N1. The molecule has 0 aromatic heterocycles. The van der Waals surface area contributed by atoms with E-state index in [9.17, 15) is 0 Å². The van der Waals surface area contributed by atoms with E-state index in [1.54, 1.807) is 0 Å². The Kier molecular flexibility index (Phi) is 1.87. The Hall–Kier alpha value is -0.120. The minimum Gasteiger partial charge on any atom is -0.347 e. The molecule has 2 aliphatic rings. The smallest absolute Gasteiger partial charge is 0.166 e. The van der Waals surface area contributed by atoms with Crippen LogP contribution in [0.1, 0.15) is 20.3 Å². The Labute approximate surface area is 67.7 Å². The van der Waals surface area contributed by atoms with Gasteiger partial charge in [-0.2, -0.15) is 0 Å². The second-order valence-electron chi connectivity index (χ2n) is 3.65. The van der Waals surface area contributed by atoms with Crippen molar-refractivity contribution in [2.45, 2.75) is 38.8 Å². The Bertz CT molecular complexity index is 151. The lowest BCUT2D eigenvalue weighted by Crippen LogP contribution is -2.46. The molecule has 0 spiro atoms. The quantitative estimate of drug-likeness (QED) is 0.548. The van der Waals surface area contributed by atoms with E-state index in [1.807, 2.05) is 0 Å². The maximum atomic E-state index is 5.70. The molecule has 3 heteroatoms. The molecule has 0 aromatic rings. The molecule has 2 saturated heterocycles. The van der Waals surface area contributed by atoms with Crippen LogP contribution in [0.2, 0.25) is 0 Å². The summed E-state index contributed by atoms with van der Waals surface area (Å²) in [6, 6.07) is 0.588. The third-order valence-corrected chi connectivity index (χ3v) is 2.45. The summed E-state index contributed by atoms with van der Waals surface area (Å²) < 4.78 is 5.70. The van der Waals surface area contributed by atoms with Gasteiger partial charge in [-0.05, 0) is 20.3 Å². The van der Waals surface area contributed by atoms with E-state index in [0.29, 0.717) is 12.1 Å². The summed E-state index contributed by atoms with van der Waals surface area (Å²) in [5.41, 5.74) is 0. The number of hydrogen-bond acceptors (Lipinski definition) is 3. The van der Waals surface area contributed by atoms with Gasteiger partial charge in [-0.1, -0.05) is 0 Å². The van der Waals surface area contributed by atoms with Crippen molar-refractivity contribution in [2.24, 2.45) is 0 Å². The van der Waals surface area contributed by atoms with Gasteiger partial charge in [0.1, 0.15) is 0 Å². The van der Waals surface area contributed by atoms with Gasteiger partial charge in [0.2, 0.25) is 0 Å². The second kappa shape index (κ2) is 2.73. The van der Waals surface area contributed by atoms with Gasteiger partial charge in [0.25, 0.3) is 0 Å². The first-order valence-corrected chi connectivity index (χ1v) is 4.41. The summed E-state index contributed by atoms with van der Waals surface area (Å²) in [6.07, 6.45) is 1.80. The Morgan fingerprint density at radius 2 is 2.27 bits per heavy atom. The minimum absolute atomic E-state index is 0.203. The molecule has 3 unspecified atom stereocenters. The molecule has 0 radical (unpaired) electrons. The zero-order valence-electron chi connectivity index (χ0n) is 7.21. The van der Waals surface area contributed by atoms with Crippen LogP contribution < -0.4 is 5.32 Å². The molecule has 11 heavy (non-hydrogen) atoms. The number of hydrogen-bond donors (Lipinski definition) is 1. The van der Waals surface area contributed by atoms with Crippen molar-refractivity contribution in [1.82, 2.24) is 10.2 Å². The Morgan fingerprint density at radius 1 is 1.45 bits per heavy atom. The third-order valence-electron chi connectivity index (χ3n) is 2.45. The predicted molar refractivity (Wildman–Crippen MR) is 43.1 cm³/mol. The van der Waals surface area contributed by atoms with Gasteiger partial charge < -0.3 is 4.74 Å². The van der Waals surface area contributed by atoms with Gasteiger partial charge in [-0.15, -0.1) is 0 Å². The fourth-order valence-corrected chi connectivity index (χ4v) is 1.82. The molecule has 0 amide bonds. The summed E-state index contributed by atoms with van der Waals surface area (Å²) in [6.45, 7) is 6.66. The van der Waals surface area contributed by atoms with Crippen LogP contribution in [0.25, 0.3) is 0 Å². The third kappa shape index (κ3) is 1.41. The van der Waals surface area contributed by atoms with Gasteiger partial charge in [0.15, 0.2) is 6.35 Å². The molecule has 0 aromatic carbocycles. The highest BCUT2D eigenvalue weighted by atomic mass is 16.5. The molecule has 2 fully saturated rings. The number of rotatable bonds is 0. The molecule has 1 N–H and O–H groups in total. The van der Waals surface area contributed by atoms with Crippen LogP contribution >= 0.6 is 0 Å². The van der Waals surface area contributed by atoms with Crippen molar-refractivity contribution >= 4 is 0 Å². The first-order chi connectivity index (χ1) is 5.25. The van der Waals surface area contributed by atoms with Crippen LogP contribution in [0.3, 0.4) is 0 Å². The molecular weight excluding hydrogens is 140 g/mol. The van der Waals surface area contributed by atoms with Crippen molar-refractivity contribution in [3.05, 3.63) is 0 Å². The maximum absolute atomic E-state index is 5.70. The van der Waals surface area contributed by atoms with Crippen molar-refractivity contribution < 1.29 is 4.74 Å². The zero-order chi connectivity index (χ0) is 7.84. The Morgan fingerprint density at radius 3 is 3.09 bits per heavy atom. The van der Waals surface area contributed by atoms with E-state index in [2.05, 4.69) is 24.1 Å². The van der Waals surface area contributed by atoms with Crippen molar-refractivity contribution in [3.8, 4) is 0 Å². The molecule has 2 rings (SSSR count). The highest BCUT2D eigenvalue weighted by Crippen LogP contribution is 2.18. The molecule has 64 valence electrons. The normalized spacial score (nSPS) is 45.8. The van der Waals surface area contributed by atoms with E-state index in [1.165, 1.54) is 13.0 Å². The molecule has 2 heterocycles. The lowest BCUT2D eigenvalue weighted by Gasteiger charge is -2.32. The summed E-state index contributed by atoms with van der Waals surface area (Å²) in [5, 5.41) is 3.39. The molecule has 3 atom stereocenters. The summed E-state index contributed by atoms with van der Waals surface area (Å²) in [4.78, 5) is 2.37. The number of nitrogens with one attached hydrogen (secondary N) is 1. The fraction of sp³-hybridized carbons (Fsp3) is 1.00. The van der Waals surface area contributed by atoms with Gasteiger partial charge in [0.05, 0.1) is 6.10 Å². The number of ether oxygens (including phenoxy) is 1. The predicted octanol–water partition coefficient (Wildman–Crippen LogP) is 0.373. The van der Waals surface area contributed by atoms with Crippen LogP contribution in [-0.2, 0) is 4.74 Å². The molecular formula is C8H16N2O. The van der Waals surface area contributed by atoms with E-state index < -0.39 is 0 Å². The van der Waals surface area contributed by atoms with Gasteiger partial charge in [-0.3, -0.25) is 10.2 Å². The first-order valence-electron chi connectivity index (χ1n) is 4.41. The largest absolute Gasteiger partial charge is 0.347 e. The zero-order valence-corrected chi connectivity index (χ0v) is 7.21. The van der Waals surface area contributed by atoms with E-state index in [4.69, 9.17) is 4.74 Å². The molecule has 2 aliphatic heterocycles. The van der Waals surface area contributed by atoms with Gasteiger partial charge in [-0.25, -0.2) is 0 Å². The first kappa shape index (κ1) is 7.53. The van der Waals surface area contributed by atoms with Crippen molar-refractivity contribution in [1.29, 1.82) is 0 Å². The highest BCUT2D eigenvalue weighted by molar-refractivity contribution is 4.82. The summed E-state index contributed by atoms with van der Waals surface area (Å²) >= 11 is 0. The van der Waals surface area contributed by atoms with E-state index in [-0.39, 0.29) is 6.35 Å². The topological polar surface area (TPSA) is 24.5 Å². The van der Waals surface area contributed by atoms with Crippen LogP contribution in [0.5, 0.6) is 0 Å². The van der Waals surface area contributed by atoms with Gasteiger partial charge in [0, 0.05) is 19.1 Å². The van der Waals surface area contributed by atoms with Crippen LogP contribution in [0.4, 0.5) is 0 Å². The second-order valence-corrected chi connectivity index (χ2v) is 3.65. The summed E-state index contributed by atoms with van der Waals surface area (Å²) in [5.74, 6) is 0. The molecule has 0 bridgehead atoms.